The van der Waals surface area contributed by atoms with Gasteiger partial charge in [0.15, 0.2) is 0 Å². The number of hydrogen-bond acceptors (Lipinski definition) is 5. The number of amides is 2. The SMILES string of the molecule is C#CCOc1ccc2nc(C(=O)Nc3ccc(NC(C)=O)c(C(F)(F)F)c3)nc(-c3ccc(C(C)C)cc3)c2c1. The first-order valence-electron chi connectivity index (χ1n) is 12.2. The molecule has 0 unspecified atom stereocenters. The Labute approximate surface area is 228 Å². The molecule has 4 rings (SSSR count). The first-order valence-corrected chi connectivity index (χ1v) is 12.2. The van der Waals surface area contributed by atoms with Crippen LogP contribution in [-0.4, -0.2) is 28.4 Å². The Bertz CT molecular complexity index is 1620. The van der Waals surface area contributed by atoms with Crippen LogP contribution in [0.5, 0.6) is 5.75 Å². The summed E-state index contributed by atoms with van der Waals surface area (Å²) in [5, 5.41) is 5.18. The quantitative estimate of drug-likeness (QED) is 0.253. The Balaban J connectivity index is 1.76. The topological polar surface area (TPSA) is 93.2 Å². The van der Waals surface area contributed by atoms with E-state index in [-0.39, 0.29) is 18.1 Å². The van der Waals surface area contributed by atoms with Crippen LogP contribution in [0.4, 0.5) is 24.5 Å². The van der Waals surface area contributed by atoms with Crippen molar-refractivity contribution in [2.45, 2.75) is 32.9 Å². The van der Waals surface area contributed by atoms with Crippen LogP contribution in [0.1, 0.15) is 48.4 Å². The second-order valence-electron chi connectivity index (χ2n) is 9.24. The number of rotatable bonds is 7. The molecular formula is C30H25F3N4O3. The monoisotopic (exact) mass is 546 g/mol. The lowest BCUT2D eigenvalue weighted by atomic mass is 9.99. The van der Waals surface area contributed by atoms with Crippen molar-refractivity contribution in [2.24, 2.45) is 0 Å². The van der Waals surface area contributed by atoms with Gasteiger partial charge in [-0.05, 0) is 47.9 Å². The zero-order chi connectivity index (χ0) is 29.0. The van der Waals surface area contributed by atoms with E-state index >= 15 is 0 Å². The number of benzene rings is 3. The van der Waals surface area contributed by atoms with Gasteiger partial charge in [0.05, 0.1) is 22.5 Å². The maximum absolute atomic E-state index is 13.6. The van der Waals surface area contributed by atoms with E-state index < -0.39 is 29.2 Å². The summed E-state index contributed by atoms with van der Waals surface area (Å²) in [6, 6.07) is 15.8. The minimum Gasteiger partial charge on any atom is -0.481 e. The molecule has 1 aromatic heterocycles. The predicted octanol–water partition coefficient (Wildman–Crippen LogP) is 6.66. The summed E-state index contributed by atoms with van der Waals surface area (Å²) in [5.41, 5.74) is 1.01. The molecule has 0 radical (unpaired) electrons. The van der Waals surface area contributed by atoms with Crippen LogP contribution in [0.15, 0.2) is 60.7 Å². The van der Waals surface area contributed by atoms with Gasteiger partial charge in [-0.1, -0.05) is 44.0 Å². The van der Waals surface area contributed by atoms with E-state index in [4.69, 9.17) is 11.2 Å². The molecule has 2 amide bonds. The van der Waals surface area contributed by atoms with Gasteiger partial charge in [0, 0.05) is 23.6 Å². The molecule has 0 bridgehead atoms. The summed E-state index contributed by atoms with van der Waals surface area (Å²) in [7, 11) is 0. The number of anilines is 2. The normalized spacial score (nSPS) is 11.2. The molecule has 3 aromatic carbocycles. The van der Waals surface area contributed by atoms with E-state index in [2.05, 4.69) is 40.4 Å². The number of halogens is 3. The van der Waals surface area contributed by atoms with Crippen LogP contribution >= 0.6 is 0 Å². The average molecular weight is 547 g/mol. The standard InChI is InChI=1S/C30H25F3N4O3/c1-5-14-40-22-11-13-25-23(16-22)27(20-8-6-19(7-9-20)17(2)3)37-28(36-25)29(39)35-21-10-12-26(34-18(4)38)24(15-21)30(31,32)33/h1,6-13,15-17H,14H2,2-4H3,(H,34,38)(H,35,39). The third-order valence-corrected chi connectivity index (χ3v) is 5.94. The van der Waals surface area contributed by atoms with Gasteiger partial charge in [-0.15, -0.1) is 6.42 Å². The Morgan fingerprint density at radius 1 is 1.00 bits per heavy atom. The zero-order valence-corrected chi connectivity index (χ0v) is 21.9. The lowest BCUT2D eigenvalue weighted by Crippen LogP contribution is -2.18. The molecule has 4 aromatic rings. The van der Waals surface area contributed by atoms with Gasteiger partial charge in [-0.2, -0.15) is 13.2 Å². The molecule has 1 heterocycles. The molecule has 0 aliphatic heterocycles. The van der Waals surface area contributed by atoms with Crippen molar-refractivity contribution in [3.63, 3.8) is 0 Å². The molecule has 0 aliphatic carbocycles. The average Bonchev–Trinajstić information content (AvgIpc) is 2.91. The minimum atomic E-state index is -4.77. The number of aromatic nitrogens is 2. The highest BCUT2D eigenvalue weighted by Gasteiger charge is 2.34. The molecule has 2 N–H and O–H groups in total. The van der Waals surface area contributed by atoms with Gasteiger partial charge in [0.25, 0.3) is 5.91 Å². The van der Waals surface area contributed by atoms with E-state index in [0.717, 1.165) is 24.6 Å². The number of hydrogen-bond donors (Lipinski definition) is 2. The summed E-state index contributed by atoms with van der Waals surface area (Å²) in [5.74, 6) is 1.49. The maximum Gasteiger partial charge on any atom is 0.418 e. The van der Waals surface area contributed by atoms with E-state index in [1.54, 1.807) is 18.2 Å². The molecule has 0 spiro atoms. The molecule has 0 aliphatic rings. The fourth-order valence-electron chi connectivity index (χ4n) is 4.01. The second-order valence-corrected chi connectivity index (χ2v) is 9.24. The van der Waals surface area contributed by atoms with Crippen LogP contribution in [0, 0.1) is 12.3 Å². The van der Waals surface area contributed by atoms with Crippen LogP contribution in [0.25, 0.3) is 22.2 Å². The van der Waals surface area contributed by atoms with Crippen molar-refractivity contribution in [2.75, 3.05) is 17.2 Å². The van der Waals surface area contributed by atoms with Crippen molar-refractivity contribution >= 4 is 34.1 Å². The molecule has 204 valence electrons. The number of carbonyl (C=O) groups is 2. The molecule has 7 nitrogen and oxygen atoms in total. The van der Waals surface area contributed by atoms with Crippen molar-refractivity contribution in [1.82, 2.24) is 9.97 Å². The molecule has 0 fully saturated rings. The van der Waals surface area contributed by atoms with Gasteiger partial charge >= 0.3 is 6.18 Å². The molecular weight excluding hydrogens is 521 g/mol. The summed E-state index contributed by atoms with van der Waals surface area (Å²) in [6.45, 7) is 5.30. The number of nitrogens with zero attached hydrogens (tertiary/aromatic N) is 2. The Morgan fingerprint density at radius 2 is 1.73 bits per heavy atom. The van der Waals surface area contributed by atoms with Crippen LogP contribution < -0.4 is 15.4 Å². The van der Waals surface area contributed by atoms with E-state index in [9.17, 15) is 22.8 Å². The molecule has 0 saturated carbocycles. The Hall–Kier alpha value is -4.91. The van der Waals surface area contributed by atoms with Gasteiger partial charge in [-0.25, -0.2) is 9.97 Å². The highest BCUT2D eigenvalue weighted by molar-refractivity contribution is 6.04. The lowest BCUT2D eigenvalue weighted by molar-refractivity contribution is -0.136. The molecule has 40 heavy (non-hydrogen) atoms. The number of ether oxygens (including phenoxy) is 1. The number of terminal acetylenes is 1. The number of fused-ring (bicyclic) bond motifs is 1. The summed E-state index contributed by atoms with van der Waals surface area (Å²) >= 11 is 0. The smallest absolute Gasteiger partial charge is 0.418 e. The largest absolute Gasteiger partial charge is 0.481 e. The van der Waals surface area contributed by atoms with E-state index in [1.807, 2.05) is 24.3 Å². The number of alkyl halides is 3. The fraction of sp³-hybridized carbons (Fsp3) is 0.200. The van der Waals surface area contributed by atoms with Gasteiger partial charge in [-0.3, -0.25) is 9.59 Å². The first kappa shape index (κ1) is 28.1. The first-order chi connectivity index (χ1) is 19.0. The third kappa shape index (κ3) is 6.38. The highest BCUT2D eigenvalue weighted by atomic mass is 19.4. The fourth-order valence-corrected chi connectivity index (χ4v) is 4.01. The van der Waals surface area contributed by atoms with Gasteiger partial charge in [0.2, 0.25) is 11.7 Å². The van der Waals surface area contributed by atoms with Crippen LogP contribution in [0.3, 0.4) is 0 Å². The Morgan fingerprint density at radius 3 is 2.35 bits per heavy atom. The van der Waals surface area contributed by atoms with E-state index in [0.29, 0.717) is 33.8 Å². The van der Waals surface area contributed by atoms with Crippen molar-refractivity contribution in [3.05, 3.63) is 77.6 Å². The number of nitrogens with one attached hydrogen (secondary N) is 2. The molecule has 0 atom stereocenters. The van der Waals surface area contributed by atoms with Crippen LogP contribution in [-0.2, 0) is 11.0 Å². The lowest BCUT2D eigenvalue weighted by Gasteiger charge is -2.15. The second kappa shape index (κ2) is 11.5. The maximum atomic E-state index is 13.6. The number of carbonyl (C=O) groups excluding carboxylic acids is 2. The summed E-state index contributed by atoms with van der Waals surface area (Å²) < 4.78 is 46.4. The summed E-state index contributed by atoms with van der Waals surface area (Å²) in [4.78, 5) is 33.4. The van der Waals surface area contributed by atoms with Crippen molar-refractivity contribution < 1.29 is 27.5 Å². The molecule has 10 heteroatoms. The zero-order valence-electron chi connectivity index (χ0n) is 21.9. The third-order valence-electron chi connectivity index (χ3n) is 5.94. The Kier molecular flexibility index (Phi) is 8.05. The summed E-state index contributed by atoms with van der Waals surface area (Å²) in [6.07, 6.45) is 0.531. The van der Waals surface area contributed by atoms with Crippen LogP contribution in [0.2, 0.25) is 0 Å². The van der Waals surface area contributed by atoms with Gasteiger partial charge < -0.3 is 15.4 Å². The molecule has 0 saturated heterocycles. The van der Waals surface area contributed by atoms with E-state index in [1.165, 1.54) is 6.07 Å². The minimum absolute atomic E-state index is 0.0614. The predicted molar refractivity (Wildman–Crippen MR) is 147 cm³/mol. The van der Waals surface area contributed by atoms with Crippen molar-refractivity contribution in [1.29, 1.82) is 0 Å². The van der Waals surface area contributed by atoms with Crippen molar-refractivity contribution in [3.8, 4) is 29.4 Å². The van der Waals surface area contributed by atoms with Gasteiger partial charge in [0.1, 0.15) is 12.4 Å². The highest BCUT2D eigenvalue weighted by Crippen LogP contribution is 2.37.